The molecule has 28 heavy (non-hydrogen) atoms. The fourth-order valence-corrected chi connectivity index (χ4v) is 4.36. The van der Waals surface area contributed by atoms with E-state index in [4.69, 9.17) is 15.2 Å². The zero-order valence-corrected chi connectivity index (χ0v) is 16.7. The van der Waals surface area contributed by atoms with Crippen LogP contribution in [0.5, 0.6) is 5.75 Å². The van der Waals surface area contributed by atoms with Gasteiger partial charge in [0.15, 0.2) is 0 Å². The molecule has 0 saturated carbocycles. The molecular weight excluding hydrogens is 356 g/mol. The lowest BCUT2D eigenvalue weighted by atomic mass is 9.72. The first-order valence-corrected chi connectivity index (χ1v) is 10.1. The van der Waals surface area contributed by atoms with Crippen molar-refractivity contribution in [2.45, 2.75) is 20.3 Å². The van der Waals surface area contributed by atoms with E-state index in [0.29, 0.717) is 30.6 Å². The fraction of sp³-hybridized carbons (Fsp3) is 0.545. The summed E-state index contributed by atoms with van der Waals surface area (Å²) >= 11 is 0. The van der Waals surface area contributed by atoms with E-state index >= 15 is 0 Å². The number of hydrogen-bond donors (Lipinski definition) is 1. The molecule has 2 N–H and O–H groups in total. The van der Waals surface area contributed by atoms with E-state index in [1.54, 1.807) is 24.3 Å². The molecule has 6 nitrogen and oxygen atoms in total. The molecule has 0 spiro atoms. The second kappa shape index (κ2) is 9.24. The highest BCUT2D eigenvalue weighted by molar-refractivity contribution is 5.92. The summed E-state index contributed by atoms with van der Waals surface area (Å²) < 4.78 is 11.1. The molecule has 0 unspecified atom stereocenters. The van der Waals surface area contributed by atoms with Gasteiger partial charge in [-0.25, -0.2) is 0 Å². The Bertz CT molecular complexity index is 716. The van der Waals surface area contributed by atoms with Crippen LogP contribution in [-0.4, -0.2) is 49.6 Å². The Morgan fingerprint density at radius 3 is 2.61 bits per heavy atom. The Morgan fingerprint density at radius 1 is 1.18 bits per heavy atom. The number of amides is 1. The molecule has 3 rings (SSSR count). The van der Waals surface area contributed by atoms with Crippen molar-refractivity contribution in [3.8, 4) is 5.75 Å². The molecule has 6 heteroatoms. The molecule has 1 aliphatic carbocycles. The zero-order valence-electron chi connectivity index (χ0n) is 16.7. The van der Waals surface area contributed by atoms with Gasteiger partial charge in [0.25, 0.3) is 0 Å². The minimum atomic E-state index is -0.438. The van der Waals surface area contributed by atoms with Gasteiger partial charge >= 0.3 is 5.97 Å². The Hall–Kier alpha value is -2.34. The summed E-state index contributed by atoms with van der Waals surface area (Å²) in [6.07, 6.45) is 5.35. The molecule has 152 valence electrons. The quantitative estimate of drug-likeness (QED) is 0.422. The maximum absolute atomic E-state index is 12.4. The standard InChI is InChI=1S/C22H30N2O4/c1-3-27-22(26)20-15(2)5-6-17-13-24(14-19(17)20)11-4-12-28-18-9-7-16(8-10-18)21(23)25/h5-10,15,17,19-20H,3-4,11-14H2,1-2H3,(H2,23,25)/t15-,17-,19-,20-/m0/s1. The lowest BCUT2D eigenvalue weighted by Crippen LogP contribution is -2.37. The van der Waals surface area contributed by atoms with Crippen LogP contribution in [0.3, 0.4) is 0 Å². The maximum Gasteiger partial charge on any atom is 0.309 e. The van der Waals surface area contributed by atoms with Gasteiger partial charge in [-0.1, -0.05) is 19.1 Å². The second-order valence-corrected chi connectivity index (χ2v) is 7.70. The number of nitrogens with two attached hydrogens (primary N) is 1. The number of rotatable bonds is 8. The summed E-state index contributed by atoms with van der Waals surface area (Å²) in [5, 5.41) is 0. The van der Waals surface area contributed by atoms with Gasteiger partial charge in [-0.05, 0) is 55.4 Å². The number of carbonyl (C=O) groups is 2. The number of ether oxygens (including phenoxy) is 2. The Balaban J connectivity index is 1.46. The lowest BCUT2D eigenvalue weighted by molar-refractivity contribution is -0.152. The SMILES string of the molecule is CCOC(=O)[C@@H]1[C@H]2CN(CCCOc3ccc(C(N)=O)cc3)C[C@@H]2C=C[C@@H]1C. The van der Waals surface area contributed by atoms with Gasteiger partial charge < -0.3 is 20.1 Å². The number of allylic oxidation sites excluding steroid dienone is 1. The second-order valence-electron chi connectivity index (χ2n) is 7.70. The van der Waals surface area contributed by atoms with Crippen molar-refractivity contribution in [1.29, 1.82) is 0 Å². The van der Waals surface area contributed by atoms with Crippen LogP contribution < -0.4 is 10.5 Å². The Morgan fingerprint density at radius 2 is 1.93 bits per heavy atom. The van der Waals surface area contributed by atoms with Crippen molar-refractivity contribution in [3.05, 3.63) is 42.0 Å². The number of fused-ring (bicyclic) bond motifs is 1. The summed E-state index contributed by atoms with van der Waals surface area (Å²) in [5.74, 6) is 1.19. The molecule has 0 bridgehead atoms. The molecule has 0 aromatic heterocycles. The molecule has 1 aromatic carbocycles. The number of benzene rings is 1. The van der Waals surface area contributed by atoms with Crippen LogP contribution in [0.15, 0.2) is 36.4 Å². The molecule has 1 saturated heterocycles. The fourth-order valence-electron chi connectivity index (χ4n) is 4.36. The van der Waals surface area contributed by atoms with Crippen LogP contribution in [0.25, 0.3) is 0 Å². The van der Waals surface area contributed by atoms with E-state index in [0.717, 1.165) is 31.8 Å². The zero-order chi connectivity index (χ0) is 20.1. The number of likely N-dealkylation sites (tertiary alicyclic amines) is 1. The molecule has 1 fully saturated rings. The molecular formula is C22H30N2O4. The molecule has 1 heterocycles. The molecule has 0 radical (unpaired) electrons. The van der Waals surface area contributed by atoms with Crippen molar-refractivity contribution in [1.82, 2.24) is 4.90 Å². The van der Waals surface area contributed by atoms with Gasteiger partial charge in [0, 0.05) is 25.2 Å². The molecule has 2 aliphatic rings. The number of nitrogens with zero attached hydrogens (tertiary/aromatic N) is 1. The first-order valence-electron chi connectivity index (χ1n) is 10.1. The highest BCUT2D eigenvalue weighted by Crippen LogP contribution is 2.39. The normalized spacial score (nSPS) is 26.6. The molecule has 1 aromatic rings. The highest BCUT2D eigenvalue weighted by Gasteiger charge is 2.44. The molecule has 4 atom stereocenters. The van der Waals surface area contributed by atoms with Crippen LogP contribution >= 0.6 is 0 Å². The van der Waals surface area contributed by atoms with Crippen LogP contribution in [0.2, 0.25) is 0 Å². The summed E-state index contributed by atoms with van der Waals surface area (Å²) in [5.41, 5.74) is 5.72. The smallest absolute Gasteiger partial charge is 0.309 e. The predicted molar refractivity (Wildman–Crippen MR) is 107 cm³/mol. The molecule has 1 amide bonds. The number of esters is 1. The van der Waals surface area contributed by atoms with E-state index in [-0.39, 0.29) is 17.8 Å². The van der Waals surface area contributed by atoms with E-state index in [2.05, 4.69) is 24.0 Å². The minimum absolute atomic E-state index is 0.0417. The average Bonchev–Trinajstić information content (AvgIpc) is 3.08. The van der Waals surface area contributed by atoms with Crippen molar-refractivity contribution in [2.75, 3.05) is 32.8 Å². The largest absolute Gasteiger partial charge is 0.494 e. The van der Waals surface area contributed by atoms with Gasteiger partial charge in [-0.15, -0.1) is 0 Å². The van der Waals surface area contributed by atoms with Crippen molar-refractivity contribution >= 4 is 11.9 Å². The van der Waals surface area contributed by atoms with Crippen LogP contribution in [-0.2, 0) is 9.53 Å². The highest BCUT2D eigenvalue weighted by atomic mass is 16.5. The first-order chi connectivity index (χ1) is 13.5. The van der Waals surface area contributed by atoms with E-state index in [9.17, 15) is 9.59 Å². The predicted octanol–water partition coefficient (Wildman–Crippen LogP) is 2.49. The summed E-state index contributed by atoms with van der Waals surface area (Å²) in [6, 6.07) is 6.87. The van der Waals surface area contributed by atoms with E-state index < -0.39 is 5.91 Å². The molecule has 1 aliphatic heterocycles. The Labute approximate surface area is 166 Å². The van der Waals surface area contributed by atoms with E-state index in [1.807, 2.05) is 6.92 Å². The van der Waals surface area contributed by atoms with Crippen LogP contribution in [0.4, 0.5) is 0 Å². The summed E-state index contributed by atoms with van der Waals surface area (Å²) in [4.78, 5) is 25.9. The van der Waals surface area contributed by atoms with Crippen molar-refractivity contribution in [2.24, 2.45) is 29.4 Å². The summed E-state index contributed by atoms with van der Waals surface area (Å²) in [6.45, 7) is 7.85. The minimum Gasteiger partial charge on any atom is -0.494 e. The number of hydrogen-bond acceptors (Lipinski definition) is 5. The lowest BCUT2D eigenvalue weighted by Gasteiger charge is -2.32. The van der Waals surface area contributed by atoms with Gasteiger partial charge in [0.05, 0.1) is 19.1 Å². The van der Waals surface area contributed by atoms with Gasteiger partial charge in [-0.2, -0.15) is 0 Å². The third kappa shape index (κ3) is 4.73. The number of carbonyl (C=O) groups excluding carboxylic acids is 2. The Kier molecular flexibility index (Phi) is 6.73. The van der Waals surface area contributed by atoms with Gasteiger partial charge in [0.1, 0.15) is 5.75 Å². The van der Waals surface area contributed by atoms with Gasteiger partial charge in [0.2, 0.25) is 5.91 Å². The van der Waals surface area contributed by atoms with Crippen LogP contribution in [0, 0.1) is 23.7 Å². The van der Waals surface area contributed by atoms with Crippen molar-refractivity contribution in [3.63, 3.8) is 0 Å². The maximum atomic E-state index is 12.4. The first kappa shape index (κ1) is 20.4. The average molecular weight is 386 g/mol. The topological polar surface area (TPSA) is 81.9 Å². The van der Waals surface area contributed by atoms with Crippen molar-refractivity contribution < 1.29 is 19.1 Å². The van der Waals surface area contributed by atoms with Gasteiger partial charge in [-0.3, -0.25) is 9.59 Å². The third-order valence-corrected chi connectivity index (χ3v) is 5.76. The number of primary amides is 1. The monoisotopic (exact) mass is 386 g/mol. The third-order valence-electron chi connectivity index (χ3n) is 5.76. The summed E-state index contributed by atoms with van der Waals surface area (Å²) in [7, 11) is 0. The van der Waals surface area contributed by atoms with Crippen LogP contribution in [0.1, 0.15) is 30.6 Å². The van der Waals surface area contributed by atoms with E-state index in [1.165, 1.54) is 0 Å².